The van der Waals surface area contributed by atoms with E-state index in [9.17, 15) is 14.7 Å². The Morgan fingerprint density at radius 1 is 1.13 bits per heavy atom. The summed E-state index contributed by atoms with van der Waals surface area (Å²) >= 11 is 1.53. The summed E-state index contributed by atoms with van der Waals surface area (Å²) in [6, 6.07) is 17.0. The van der Waals surface area contributed by atoms with E-state index < -0.39 is 17.9 Å². The number of amides is 1. The van der Waals surface area contributed by atoms with Crippen LogP contribution in [0.25, 0.3) is 11.1 Å². The third-order valence-corrected chi connectivity index (χ3v) is 5.77. The molecule has 1 amide bonds. The van der Waals surface area contributed by atoms with Gasteiger partial charge in [0, 0.05) is 0 Å². The molecule has 7 heteroatoms. The van der Waals surface area contributed by atoms with Crippen molar-refractivity contribution >= 4 is 23.6 Å². The van der Waals surface area contributed by atoms with E-state index in [1.165, 1.54) is 11.8 Å². The van der Waals surface area contributed by atoms with Crippen LogP contribution in [0.3, 0.4) is 0 Å². The topological polar surface area (TPSA) is 84.9 Å². The van der Waals surface area contributed by atoms with Crippen molar-refractivity contribution < 1.29 is 24.2 Å². The second-order valence-corrected chi connectivity index (χ2v) is 8.35. The zero-order chi connectivity index (χ0) is 22.2. The smallest absolute Gasteiger partial charge is 0.326 e. The molecule has 0 spiro atoms. The monoisotopic (exact) mass is 441 g/mol. The van der Waals surface area contributed by atoms with Crippen LogP contribution >= 0.6 is 11.8 Å². The molecule has 2 aromatic carbocycles. The SMILES string of the molecule is CSCC[C@H](NC(=O)C1=CC(COc2ccc(-c3ccccc3)cc2)C(C)O1)C(=O)O. The van der Waals surface area contributed by atoms with E-state index in [4.69, 9.17) is 9.47 Å². The highest BCUT2D eigenvalue weighted by molar-refractivity contribution is 7.98. The number of nitrogens with one attached hydrogen (secondary N) is 1. The Balaban J connectivity index is 1.56. The van der Waals surface area contributed by atoms with E-state index in [1.54, 1.807) is 6.08 Å². The first kappa shape index (κ1) is 22.7. The van der Waals surface area contributed by atoms with Gasteiger partial charge in [0.15, 0.2) is 5.76 Å². The van der Waals surface area contributed by atoms with Crippen molar-refractivity contribution in [2.45, 2.75) is 25.5 Å². The molecule has 0 aliphatic carbocycles. The molecule has 1 aliphatic heterocycles. The van der Waals surface area contributed by atoms with Crippen LogP contribution in [0, 0.1) is 5.92 Å². The van der Waals surface area contributed by atoms with Gasteiger partial charge < -0.3 is 19.9 Å². The zero-order valence-corrected chi connectivity index (χ0v) is 18.4. The molecule has 1 heterocycles. The van der Waals surface area contributed by atoms with Crippen LogP contribution in [-0.4, -0.2) is 47.7 Å². The molecule has 0 radical (unpaired) electrons. The third kappa shape index (κ3) is 6.28. The van der Waals surface area contributed by atoms with Crippen molar-refractivity contribution in [1.82, 2.24) is 5.32 Å². The number of aliphatic carboxylic acids is 1. The predicted octanol–water partition coefficient (Wildman–Crippen LogP) is 3.97. The molecule has 164 valence electrons. The second kappa shape index (κ2) is 10.9. The summed E-state index contributed by atoms with van der Waals surface area (Å²) in [5, 5.41) is 11.8. The van der Waals surface area contributed by atoms with Crippen molar-refractivity contribution in [2.24, 2.45) is 5.92 Å². The number of thioether (sulfide) groups is 1. The van der Waals surface area contributed by atoms with Crippen molar-refractivity contribution in [3.05, 3.63) is 66.4 Å². The normalized spacial score (nSPS) is 18.6. The van der Waals surface area contributed by atoms with Gasteiger partial charge in [0.1, 0.15) is 17.9 Å². The first-order chi connectivity index (χ1) is 15.0. The third-order valence-electron chi connectivity index (χ3n) is 5.12. The molecular formula is C24H27NO5S. The number of benzene rings is 2. The highest BCUT2D eigenvalue weighted by Crippen LogP contribution is 2.26. The lowest BCUT2D eigenvalue weighted by atomic mass is 10.1. The van der Waals surface area contributed by atoms with Gasteiger partial charge in [-0.1, -0.05) is 42.5 Å². The number of carbonyl (C=O) groups excluding carboxylic acids is 1. The van der Waals surface area contributed by atoms with Crippen molar-refractivity contribution in [3.8, 4) is 16.9 Å². The molecule has 3 rings (SSSR count). The largest absolute Gasteiger partial charge is 0.493 e. The van der Waals surface area contributed by atoms with Crippen LogP contribution in [0.4, 0.5) is 0 Å². The first-order valence-electron chi connectivity index (χ1n) is 10.2. The number of rotatable bonds is 10. The fourth-order valence-electron chi connectivity index (χ4n) is 3.26. The molecule has 2 unspecified atom stereocenters. The number of hydrogen-bond donors (Lipinski definition) is 2. The van der Waals surface area contributed by atoms with Gasteiger partial charge in [-0.3, -0.25) is 4.79 Å². The Kier molecular flexibility index (Phi) is 8.00. The van der Waals surface area contributed by atoms with Gasteiger partial charge in [-0.15, -0.1) is 0 Å². The van der Waals surface area contributed by atoms with Crippen molar-refractivity contribution in [1.29, 1.82) is 0 Å². The van der Waals surface area contributed by atoms with Crippen LogP contribution in [0.5, 0.6) is 5.75 Å². The Morgan fingerprint density at radius 3 is 2.45 bits per heavy atom. The second-order valence-electron chi connectivity index (χ2n) is 7.36. The van der Waals surface area contributed by atoms with Gasteiger partial charge in [-0.2, -0.15) is 11.8 Å². The lowest BCUT2D eigenvalue weighted by Gasteiger charge is -2.16. The zero-order valence-electron chi connectivity index (χ0n) is 17.6. The summed E-state index contributed by atoms with van der Waals surface area (Å²) in [5.74, 6) is -0.128. The molecule has 2 N–H and O–H groups in total. The molecule has 1 aliphatic rings. The number of hydrogen-bond acceptors (Lipinski definition) is 5. The summed E-state index contributed by atoms with van der Waals surface area (Å²) in [6.45, 7) is 2.23. The molecule has 6 nitrogen and oxygen atoms in total. The molecule has 3 atom stereocenters. The summed E-state index contributed by atoms with van der Waals surface area (Å²) in [6.07, 6.45) is 3.73. The van der Waals surface area contributed by atoms with Crippen molar-refractivity contribution in [2.75, 3.05) is 18.6 Å². The Labute approximate surface area is 186 Å². The molecule has 2 aromatic rings. The quantitative estimate of drug-likeness (QED) is 0.580. The average Bonchev–Trinajstić information content (AvgIpc) is 3.16. The molecule has 0 saturated heterocycles. The van der Waals surface area contributed by atoms with E-state index in [0.717, 1.165) is 16.9 Å². The summed E-state index contributed by atoms with van der Waals surface area (Å²) < 4.78 is 11.6. The Hall–Kier alpha value is -2.93. The number of carboxylic acids is 1. The lowest BCUT2D eigenvalue weighted by molar-refractivity contribution is -0.141. The Morgan fingerprint density at radius 2 is 1.81 bits per heavy atom. The maximum Gasteiger partial charge on any atom is 0.326 e. The minimum atomic E-state index is -1.05. The van der Waals surface area contributed by atoms with E-state index in [0.29, 0.717) is 18.8 Å². The summed E-state index contributed by atoms with van der Waals surface area (Å²) in [7, 11) is 0. The standard InChI is InChI=1S/C24H27NO5S/c1-16-19(14-22(30-16)23(26)25-21(24(27)28)12-13-31-2)15-29-20-10-8-18(9-11-20)17-6-4-3-5-7-17/h3-11,14,16,19,21H,12-13,15H2,1-2H3,(H,25,26)(H,27,28)/t16?,19?,21-/m0/s1. The maximum atomic E-state index is 12.4. The van der Waals surface area contributed by atoms with E-state index in [1.807, 2.05) is 55.6 Å². The van der Waals surface area contributed by atoms with Crippen LogP contribution in [0.2, 0.25) is 0 Å². The fraction of sp³-hybridized carbons (Fsp3) is 0.333. The minimum absolute atomic E-state index is 0.107. The van der Waals surface area contributed by atoms with E-state index >= 15 is 0 Å². The summed E-state index contributed by atoms with van der Waals surface area (Å²) in [5.41, 5.74) is 2.25. The lowest BCUT2D eigenvalue weighted by Crippen LogP contribution is -2.42. The Bertz CT molecular complexity index is 913. The number of ether oxygens (including phenoxy) is 2. The van der Waals surface area contributed by atoms with Gasteiger partial charge in [-0.05, 0) is 54.7 Å². The predicted molar refractivity (Wildman–Crippen MR) is 122 cm³/mol. The van der Waals surface area contributed by atoms with Gasteiger partial charge >= 0.3 is 5.97 Å². The van der Waals surface area contributed by atoms with E-state index in [2.05, 4.69) is 17.4 Å². The minimum Gasteiger partial charge on any atom is -0.493 e. The first-order valence-corrected chi connectivity index (χ1v) is 11.6. The van der Waals surface area contributed by atoms with Gasteiger partial charge in [0.05, 0.1) is 12.5 Å². The number of carboxylic acid groups (broad SMARTS) is 1. The van der Waals surface area contributed by atoms with Crippen LogP contribution in [0.1, 0.15) is 13.3 Å². The fourth-order valence-corrected chi connectivity index (χ4v) is 3.73. The molecule has 0 bridgehead atoms. The summed E-state index contributed by atoms with van der Waals surface area (Å²) in [4.78, 5) is 23.8. The average molecular weight is 442 g/mol. The van der Waals surface area contributed by atoms with Crippen LogP contribution in [0.15, 0.2) is 66.4 Å². The van der Waals surface area contributed by atoms with Crippen molar-refractivity contribution in [3.63, 3.8) is 0 Å². The highest BCUT2D eigenvalue weighted by Gasteiger charge is 2.31. The number of carbonyl (C=O) groups is 2. The van der Waals surface area contributed by atoms with Gasteiger partial charge in [0.2, 0.25) is 0 Å². The molecule has 0 aromatic heterocycles. The maximum absolute atomic E-state index is 12.4. The van der Waals surface area contributed by atoms with Gasteiger partial charge in [-0.25, -0.2) is 4.79 Å². The molecule has 0 fully saturated rings. The van der Waals surface area contributed by atoms with Gasteiger partial charge in [0.25, 0.3) is 5.91 Å². The molecular weight excluding hydrogens is 414 g/mol. The molecule has 0 saturated carbocycles. The van der Waals surface area contributed by atoms with Crippen LogP contribution < -0.4 is 10.1 Å². The molecule has 31 heavy (non-hydrogen) atoms. The van der Waals surface area contributed by atoms with E-state index in [-0.39, 0.29) is 17.8 Å². The van der Waals surface area contributed by atoms with Crippen LogP contribution in [-0.2, 0) is 14.3 Å². The highest BCUT2D eigenvalue weighted by atomic mass is 32.2.